The number of nitrogens with one attached hydrogen (secondary N) is 1. The molecule has 25 heavy (non-hydrogen) atoms. The average molecular weight is 358 g/mol. The van der Waals surface area contributed by atoms with Gasteiger partial charge in [-0.2, -0.15) is 0 Å². The first-order chi connectivity index (χ1) is 12.0. The molecule has 1 atom stereocenters. The minimum Gasteiger partial charge on any atom is -0.371 e. The van der Waals surface area contributed by atoms with E-state index in [1.54, 1.807) is 11.3 Å². The normalized spacial score (nSPS) is 17.6. The van der Waals surface area contributed by atoms with Crippen LogP contribution < -0.4 is 10.2 Å². The molecule has 1 fully saturated rings. The van der Waals surface area contributed by atoms with Crippen LogP contribution in [0.15, 0.2) is 24.3 Å². The van der Waals surface area contributed by atoms with E-state index in [1.807, 2.05) is 13.8 Å². The van der Waals surface area contributed by atoms with Crippen molar-refractivity contribution in [3.05, 3.63) is 45.4 Å². The van der Waals surface area contributed by atoms with Crippen LogP contribution in [0.5, 0.6) is 0 Å². The monoisotopic (exact) mass is 357 g/mol. The lowest BCUT2D eigenvalue weighted by molar-refractivity contribution is -0.120. The summed E-state index contributed by atoms with van der Waals surface area (Å²) in [6, 6.07) is 8.60. The summed E-state index contributed by atoms with van der Waals surface area (Å²) < 4.78 is 0. The fourth-order valence-corrected chi connectivity index (χ4v) is 4.33. The molecule has 1 aromatic heterocycles. The maximum absolute atomic E-state index is 12.2. The molecule has 2 aromatic rings. The number of amides is 1. The van der Waals surface area contributed by atoms with E-state index < -0.39 is 0 Å². The van der Waals surface area contributed by atoms with E-state index in [4.69, 9.17) is 0 Å². The van der Waals surface area contributed by atoms with Gasteiger partial charge < -0.3 is 10.2 Å². The number of aromatic nitrogens is 1. The van der Waals surface area contributed by atoms with E-state index in [0.29, 0.717) is 13.0 Å². The Hall–Kier alpha value is -1.88. The van der Waals surface area contributed by atoms with Crippen molar-refractivity contribution < 1.29 is 4.79 Å². The van der Waals surface area contributed by atoms with Crippen molar-refractivity contribution in [1.29, 1.82) is 0 Å². The number of aryl methyl sites for hydroxylation is 2. The van der Waals surface area contributed by atoms with Crippen LogP contribution in [0.25, 0.3) is 0 Å². The molecule has 1 aromatic carbocycles. The molecular formula is C20H27N3OS. The Kier molecular flexibility index (Phi) is 5.74. The summed E-state index contributed by atoms with van der Waals surface area (Å²) in [5, 5.41) is 4.03. The molecular weight excluding hydrogens is 330 g/mol. The molecule has 2 heterocycles. The molecule has 1 aliphatic rings. The largest absolute Gasteiger partial charge is 0.371 e. The van der Waals surface area contributed by atoms with Gasteiger partial charge in [0.1, 0.15) is 0 Å². The summed E-state index contributed by atoms with van der Waals surface area (Å²) in [6.45, 7) is 9.13. The molecule has 134 valence electrons. The van der Waals surface area contributed by atoms with E-state index >= 15 is 0 Å². The fourth-order valence-electron chi connectivity index (χ4n) is 3.39. The SMILES string of the molecule is Cc1nc(C)c(CC(=O)NCc2ccc(N3CCC[C@@H](C)C3)cc2)s1. The number of carbonyl (C=O) groups excluding carboxylic acids is 1. The first-order valence-electron chi connectivity index (χ1n) is 9.05. The van der Waals surface area contributed by atoms with Crippen molar-refractivity contribution in [2.75, 3.05) is 18.0 Å². The van der Waals surface area contributed by atoms with Crippen LogP contribution in [0.2, 0.25) is 0 Å². The zero-order valence-corrected chi connectivity index (χ0v) is 16.2. The Morgan fingerprint density at radius 1 is 1.32 bits per heavy atom. The van der Waals surface area contributed by atoms with Gasteiger partial charge in [0, 0.05) is 30.2 Å². The van der Waals surface area contributed by atoms with Gasteiger partial charge in [-0.25, -0.2) is 4.98 Å². The van der Waals surface area contributed by atoms with Gasteiger partial charge >= 0.3 is 0 Å². The summed E-state index contributed by atoms with van der Waals surface area (Å²) in [5.74, 6) is 0.826. The van der Waals surface area contributed by atoms with E-state index in [0.717, 1.165) is 40.1 Å². The van der Waals surface area contributed by atoms with E-state index in [2.05, 4.69) is 46.4 Å². The number of nitrogens with zero attached hydrogens (tertiary/aromatic N) is 2. The Balaban J connectivity index is 1.51. The topological polar surface area (TPSA) is 45.2 Å². The highest BCUT2D eigenvalue weighted by molar-refractivity contribution is 7.11. The molecule has 0 bridgehead atoms. The van der Waals surface area contributed by atoms with Gasteiger partial charge in [-0.15, -0.1) is 11.3 Å². The molecule has 5 heteroatoms. The lowest BCUT2D eigenvalue weighted by atomic mass is 9.99. The molecule has 1 amide bonds. The van der Waals surface area contributed by atoms with Crippen LogP contribution in [-0.4, -0.2) is 24.0 Å². The smallest absolute Gasteiger partial charge is 0.225 e. The highest BCUT2D eigenvalue weighted by Gasteiger charge is 2.16. The van der Waals surface area contributed by atoms with Crippen LogP contribution in [-0.2, 0) is 17.8 Å². The minimum absolute atomic E-state index is 0.0562. The number of benzene rings is 1. The van der Waals surface area contributed by atoms with Gasteiger partial charge in [-0.05, 0) is 50.3 Å². The number of carbonyl (C=O) groups is 1. The number of anilines is 1. The summed E-state index contributed by atoms with van der Waals surface area (Å²) >= 11 is 1.60. The first kappa shape index (κ1) is 17.9. The molecule has 1 N–H and O–H groups in total. The van der Waals surface area contributed by atoms with Gasteiger partial charge in [-0.1, -0.05) is 19.1 Å². The quantitative estimate of drug-likeness (QED) is 0.884. The molecule has 1 aliphatic heterocycles. The fraction of sp³-hybridized carbons (Fsp3) is 0.500. The predicted molar refractivity (Wildman–Crippen MR) is 104 cm³/mol. The minimum atomic E-state index is 0.0562. The van der Waals surface area contributed by atoms with Crippen molar-refractivity contribution in [3.63, 3.8) is 0 Å². The highest BCUT2D eigenvalue weighted by atomic mass is 32.1. The van der Waals surface area contributed by atoms with Gasteiger partial charge in [0.15, 0.2) is 0 Å². The van der Waals surface area contributed by atoms with E-state index in [1.165, 1.54) is 18.5 Å². The Labute approximate surface area is 154 Å². The lowest BCUT2D eigenvalue weighted by Gasteiger charge is -2.32. The van der Waals surface area contributed by atoms with Gasteiger partial charge in [0.2, 0.25) is 5.91 Å². The summed E-state index contributed by atoms with van der Waals surface area (Å²) in [4.78, 5) is 20.1. The van der Waals surface area contributed by atoms with Crippen molar-refractivity contribution in [2.24, 2.45) is 5.92 Å². The van der Waals surface area contributed by atoms with Crippen LogP contribution in [0, 0.1) is 19.8 Å². The molecule has 0 aliphatic carbocycles. The third kappa shape index (κ3) is 4.82. The van der Waals surface area contributed by atoms with Crippen LogP contribution >= 0.6 is 11.3 Å². The average Bonchev–Trinajstić information content (AvgIpc) is 2.90. The zero-order chi connectivity index (χ0) is 17.8. The standard InChI is InChI=1S/C20H27N3OS/c1-14-5-4-10-23(13-14)18-8-6-17(7-9-18)12-21-20(24)11-19-15(2)22-16(3)25-19/h6-9,14H,4-5,10-13H2,1-3H3,(H,21,24)/t14-/m1/s1. The number of piperidine rings is 1. The second-order valence-corrected chi connectivity index (χ2v) is 8.34. The second-order valence-electron chi connectivity index (χ2n) is 7.05. The maximum atomic E-state index is 12.2. The Bertz CT molecular complexity index is 723. The van der Waals surface area contributed by atoms with Gasteiger partial charge in [0.25, 0.3) is 0 Å². The van der Waals surface area contributed by atoms with E-state index in [-0.39, 0.29) is 5.91 Å². The summed E-state index contributed by atoms with van der Waals surface area (Å²) in [7, 11) is 0. The van der Waals surface area contributed by atoms with Gasteiger partial charge in [0.05, 0.1) is 17.1 Å². The maximum Gasteiger partial charge on any atom is 0.225 e. The lowest BCUT2D eigenvalue weighted by Crippen LogP contribution is -2.34. The number of hydrogen-bond acceptors (Lipinski definition) is 4. The predicted octanol–water partition coefficient (Wildman–Crippen LogP) is 3.86. The van der Waals surface area contributed by atoms with Crippen LogP contribution in [0.4, 0.5) is 5.69 Å². The van der Waals surface area contributed by atoms with Crippen molar-refractivity contribution in [3.8, 4) is 0 Å². The molecule has 0 radical (unpaired) electrons. The number of thiazole rings is 1. The van der Waals surface area contributed by atoms with Crippen LogP contribution in [0.1, 0.15) is 40.9 Å². The molecule has 0 unspecified atom stereocenters. The third-order valence-corrected chi connectivity index (χ3v) is 5.84. The molecule has 0 saturated carbocycles. The number of rotatable bonds is 5. The van der Waals surface area contributed by atoms with Crippen molar-refractivity contribution in [2.45, 2.75) is 46.6 Å². The van der Waals surface area contributed by atoms with Crippen molar-refractivity contribution >= 4 is 22.9 Å². The number of hydrogen-bond donors (Lipinski definition) is 1. The molecule has 1 saturated heterocycles. The Morgan fingerprint density at radius 2 is 2.08 bits per heavy atom. The summed E-state index contributed by atoms with van der Waals surface area (Å²) in [5.41, 5.74) is 3.40. The van der Waals surface area contributed by atoms with Gasteiger partial charge in [-0.3, -0.25) is 4.79 Å². The molecule has 0 spiro atoms. The van der Waals surface area contributed by atoms with Crippen molar-refractivity contribution in [1.82, 2.24) is 10.3 Å². The third-order valence-electron chi connectivity index (χ3n) is 4.77. The molecule has 4 nitrogen and oxygen atoms in total. The van der Waals surface area contributed by atoms with Crippen LogP contribution in [0.3, 0.4) is 0 Å². The molecule has 3 rings (SSSR count). The Morgan fingerprint density at radius 3 is 2.72 bits per heavy atom. The summed E-state index contributed by atoms with van der Waals surface area (Å²) in [6.07, 6.45) is 3.02. The zero-order valence-electron chi connectivity index (χ0n) is 15.3. The highest BCUT2D eigenvalue weighted by Crippen LogP contribution is 2.23. The first-order valence-corrected chi connectivity index (χ1v) is 9.86. The van der Waals surface area contributed by atoms with E-state index in [9.17, 15) is 4.79 Å². The second kappa shape index (κ2) is 8.00.